The summed E-state index contributed by atoms with van der Waals surface area (Å²) in [6, 6.07) is 19.1. The molecule has 0 aliphatic rings. The van der Waals surface area contributed by atoms with Gasteiger partial charge in [0.15, 0.2) is 0 Å². The second kappa shape index (κ2) is 8.48. The van der Waals surface area contributed by atoms with Gasteiger partial charge in [0.2, 0.25) is 0 Å². The van der Waals surface area contributed by atoms with E-state index in [0.717, 1.165) is 49.8 Å². The third-order valence-electron chi connectivity index (χ3n) is 5.42. The van der Waals surface area contributed by atoms with E-state index < -0.39 is 0 Å². The molecular formula is C26H23N5S. The van der Waals surface area contributed by atoms with Crippen LogP contribution in [0.25, 0.3) is 32.6 Å². The van der Waals surface area contributed by atoms with Gasteiger partial charge in [0.1, 0.15) is 11.6 Å². The van der Waals surface area contributed by atoms with Crippen LogP contribution in [0.2, 0.25) is 0 Å². The molecule has 32 heavy (non-hydrogen) atoms. The van der Waals surface area contributed by atoms with Crippen molar-refractivity contribution in [1.82, 2.24) is 19.9 Å². The van der Waals surface area contributed by atoms with E-state index in [1.54, 1.807) is 11.3 Å². The molecule has 1 N–H and O–H groups in total. The predicted octanol–water partition coefficient (Wildman–Crippen LogP) is 6.61. The fraction of sp³-hybridized carbons (Fsp3) is 0.154. The summed E-state index contributed by atoms with van der Waals surface area (Å²) >= 11 is 1.64. The number of nitrogens with one attached hydrogen (secondary N) is 1. The molecule has 0 fully saturated rings. The maximum Gasteiger partial charge on any atom is 0.130 e. The molecule has 0 aliphatic carbocycles. The van der Waals surface area contributed by atoms with Crippen LogP contribution in [-0.4, -0.2) is 19.9 Å². The Morgan fingerprint density at radius 1 is 0.875 bits per heavy atom. The molecule has 1 atom stereocenters. The summed E-state index contributed by atoms with van der Waals surface area (Å²) in [6.45, 7) is 6.14. The van der Waals surface area contributed by atoms with Crippen LogP contribution in [0.4, 0.5) is 5.82 Å². The first-order valence-corrected chi connectivity index (χ1v) is 11.4. The summed E-state index contributed by atoms with van der Waals surface area (Å²) in [5.41, 5.74) is 9.48. The Labute approximate surface area is 191 Å². The minimum absolute atomic E-state index is 0.0823. The Morgan fingerprint density at radius 2 is 1.78 bits per heavy atom. The summed E-state index contributed by atoms with van der Waals surface area (Å²) in [5.74, 6) is 1.55. The second-order valence-electron chi connectivity index (χ2n) is 7.96. The van der Waals surface area contributed by atoms with Crippen molar-refractivity contribution in [3.8, 4) is 22.4 Å². The zero-order chi connectivity index (χ0) is 22.1. The van der Waals surface area contributed by atoms with Crippen LogP contribution < -0.4 is 5.32 Å². The molecule has 0 saturated heterocycles. The predicted molar refractivity (Wildman–Crippen MR) is 132 cm³/mol. The van der Waals surface area contributed by atoms with E-state index in [9.17, 15) is 0 Å². The van der Waals surface area contributed by atoms with Gasteiger partial charge in [0.05, 0.1) is 21.4 Å². The molecule has 5 rings (SSSR count). The van der Waals surface area contributed by atoms with Crippen LogP contribution >= 0.6 is 11.3 Å². The van der Waals surface area contributed by atoms with Crippen LogP contribution in [0.15, 0.2) is 72.5 Å². The van der Waals surface area contributed by atoms with Crippen molar-refractivity contribution in [3.05, 3.63) is 89.5 Å². The molecule has 0 bridgehead atoms. The smallest absolute Gasteiger partial charge is 0.130 e. The average molecular weight is 438 g/mol. The fourth-order valence-corrected chi connectivity index (χ4v) is 4.53. The molecule has 158 valence electrons. The Bertz CT molecular complexity index is 1410. The first-order chi connectivity index (χ1) is 15.5. The summed E-state index contributed by atoms with van der Waals surface area (Å²) in [7, 11) is 0. The maximum absolute atomic E-state index is 4.66. The lowest BCUT2D eigenvalue weighted by Gasteiger charge is -2.17. The third kappa shape index (κ3) is 4.22. The number of aromatic nitrogens is 4. The van der Waals surface area contributed by atoms with Crippen molar-refractivity contribution in [2.75, 3.05) is 5.32 Å². The van der Waals surface area contributed by atoms with Gasteiger partial charge in [-0.25, -0.2) is 15.0 Å². The number of hydrogen-bond acceptors (Lipinski definition) is 6. The maximum atomic E-state index is 4.66. The zero-order valence-electron chi connectivity index (χ0n) is 18.2. The number of thiazole rings is 1. The van der Waals surface area contributed by atoms with Gasteiger partial charge in [0.25, 0.3) is 0 Å². The van der Waals surface area contributed by atoms with Crippen LogP contribution in [0.1, 0.15) is 29.9 Å². The van der Waals surface area contributed by atoms with Crippen LogP contribution in [-0.2, 0) is 0 Å². The fourth-order valence-electron chi connectivity index (χ4n) is 3.81. The van der Waals surface area contributed by atoms with E-state index in [1.807, 2.05) is 37.0 Å². The molecule has 5 aromatic rings. The summed E-state index contributed by atoms with van der Waals surface area (Å²) in [6.07, 6.45) is 3.78. The lowest BCUT2D eigenvalue weighted by molar-refractivity contribution is 0.868. The topological polar surface area (TPSA) is 63.6 Å². The number of nitrogens with zero attached hydrogens (tertiary/aromatic N) is 4. The van der Waals surface area contributed by atoms with E-state index in [1.165, 1.54) is 5.56 Å². The molecule has 3 heterocycles. The molecule has 3 aromatic heterocycles. The molecule has 0 aliphatic heterocycles. The molecule has 0 radical (unpaired) electrons. The number of fused-ring (bicyclic) bond motifs is 1. The molecule has 0 spiro atoms. The molecule has 6 heteroatoms. The van der Waals surface area contributed by atoms with Crippen LogP contribution in [0, 0.1) is 13.8 Å². The SMILES string of the molecule is Cc1cncc(-c2cccc([C@H](C)Nc3cc(-c4ccc5ncsc5c4)nc(C)n3)c2)c1. The van der Waals surface area contributed by atoms with Crippen molar-refractivity contribution in [3.63, 3.8) is 0 Å². The van der Waals surface area contributed by atoms with Gasteiger partial charge in [-0.2, -0.15) is 0 Å². The van der Waals surface area contributed by atoms with E-state index in [0.29, 0.717) is 0 Å². The summed E-state index contributed by atoms with van der Waals surface area (Å²) in [5, 5.41) is 3.55. The van der Waals surface area contributed by atoms with Gasteiger partial charge in [-0.3, -0.25) is 4.98 Å². The number of hydrogen-bond donors (Lipinski definition) is 1. The molecule has 5 nitrogen and oxygen atoms in total. The lowest BCUT2D eigenvalue weighted by atomic mass is 10.0. The number of rotatable bonds is 5. The Hall–Kier alpha value is -3.64. The van der Waals surface area contributed by atoms with Gasteiger partial charge in [0, 0.05) is 35.6 Å². The summed E-state index contributed by atoms with van der Waals surface area (Å²) in [4.78, 5) is 18.0. The normalized spacial score (nSPS) is 12.1. The summed E-state index contributed by atoms with van der Waals surface area (Å²) < 4.78 is 1.16. The Morgan fingerprint density at radius 3 is 2.66 bits per heavy atom. The minimum Gasteiger partial charge on any atom is -0.363 e. The number of anilines is 1. The van der Waals surface area contributed by atoms with E-state index in [2.05, 4.69) is 81.6 Å². The highest BCUT2D eigenvalue weighted by molar-refractivity contribution is 7.16. The molecule has 0 unspecified atom stereocenters. The first-order valence-electron chi connectivity index (χ1n) is 10.5. The number of aryl methyl sites for hydroxylation is 2. The Kier molecular flexibility index (Phi) is 5.37. The van der Waals surface area contributed by atoms with E-state index in [-0.39, 0.29) is 6.04 Å². The number of pyridine rings is 1. The molecule has 2 aromatic carbocycles. The van der Waals surface area contributed by atoms with Gasteiger partial charge in [-0.1, -0.05) is 24.3 Å². The lowest BCUT2D eigenvalue weighted by Crippen LogP contribution is -2.09. The van der Waals surface area contributed by atoms with Gasteiger partial charge >= 0.3 is 0 Å². The highest BCUT2D eigenvalue weighted by Crippen LogP contribution is 2.28. The molecular weight excluding hydrogens is 414 g/mol. The first kappa shape index (κ1) is 20.3. The average Bonchev–Trinajstić information content (AvgIpc) is 3.27. The molecule has 0 amide bonds. The Balaban J connectivity index is 1.42. The minimum atomic E-state index is 0.0823. The van der Waals surface area contributed by atoms with Gasteiger partial charge in [-0.05, 0) is 61.7 Å². The molecule has 0 saturated carbocycles. The van der Waals surface area contributed by atoms with E-state index in [4.69, 9.17) is 0 Å². The van der Waals surface area contributed by atoms with Crippen molar-refractivity contribution in [2.24, 2.45) is 0 Å². The van der Waals surface area contributed by atoms with Crippen molar-refractivity contribution in [1.29, 1.82) is 0 Å². The van der Waals surface area contributed by atoms with Gasteiger partial charge < -0.3 is 5.32 Å². The van der Waals surface area contributed by atoms with Crippen molar-refractivity contribution >= 4 is 27.4 Å². The van der Waals surface area contributed by atoms with Gasteiger partial charge in [-0.15, -0.1) is 11.3 Å². The largest absolute Gasteiger partial charge is 0.363 e. The second-order valence-corrected chi connectivity index (χ2v) is 8.85. The quantitative estimate of drug-likeness (QED) is 0.335. The zero-order valence-corrected chi connectivity index (χ0v) is 19.0. The van der Waals surface area contributed by atoms with Crippen LogP contribution in [0.3, 0.4) is 0 Å². The third-order valence-corrected chi connectivity index (χ3v) is 6.22. The van der Waals surface area contributed by atoms with Crippen LogP contribution in [0.5, 0.6) is 0 Å². The van der Waals surface area contributed by atoms with Crippen molar-refractivity contribution in [2.45, 2.75) is 26.8 Å². The monoisotopic (exact) mass is 437 g/mol. The highest BCUT2D eigenvalue weighted by atomic mass is 32.1. The standard InChI is InChI=1S/C26H23N5S/c1-16-9-22(14-27-13-16)20-6-4-5-19(10-20)17(2)29-26-12-24(30-18(3)31-26)21-7-8-23-25(11-21)32-15-28-23/h4-15,17H,1-3H3,(H,29,30,31)/t17-/m0/s1. The number of benzene rings is 2. The highest BCUT2D eigenvalue weighted by Gasteiger charge is 2.11. The van der Waals surface area contributed by atoms with Crippen molar-refractivity contribution < 1.29 is 0 Å². The van der Waals surface area contributed by atoms with E-state index >= 15 is 0 Å².